The third kappa shape index (κ3) is 3.58. The number of hydrogen-bond acceptors (Lipinski definition) is 5. The van der Waals surface area contributed by atoms with Crippen molar-refractivity contribution in [2.24, 2.45) is 0 Å². The number of nitrogens with zero attached hydrogens (tertiary/aromatic N) is 1. The summed E-state index contributed by atoms with van der Waals surface area (Å²) in [6.45, 7) is 0. The lowest BCUT2D eigenvalue weighted by atomic mass is 10.1. The second-order valence-corrected chi connectivity index (χ2v) is 6.77. The highest BCUT2D eigenvalue weighted by atomic mass is 35.5. The number of benzene rings is 2. The summed E-state index contributed by atoms with van der Waals surface area (Å²) in [5.41, 5.74) is 3.81. The van der Waals surface area contributed by atoms with Crippen molar-refractivity contribution in [2.45, 2.75) is 0 Å². The molecular weight excluding hydrogens is 408 g/mol. The molecular formula is C22H15ClN2O5. The van der Waals surface area contributed by atoms with Gasteiger partial charge in [-0.3, -0.25) is 15.0 Å². The fourth-order valence-electron chi connectivity index (χ4n) is 2.99. The highest BCUT2D eigenvalue weighted by Crippen LogP contribution is 2.31. The predicted molar refractivity (Wildman–Crippen MR) is 111 cm³/mol. The maximum Gasteiger partial charge on any atom is 0.337 e. The van der Waals surface area contributed by atoms with Crippen LogP contribution in [0, 0.1) is 0 Å². The molecule has 0 radical (unpaired) electrons. The van der Waals surface area contributed by atoms with Crippen LogP contribution in [0.1, 0.15) is 16.1 Å². The Labute approximate surface area is 176 Å². The largest absolute Gasteiger partial charge is 0.465 e. The van der Waals surface area contributed by atoms with Crippen molar-refractivity contribution in [1.82, 2.24) is 5.43 Å². The van der Waals surface area contributed by atoms with Gasteiger partial charge in [-0.2, -0.15) is 0 Å². The highest BCUT2D eigenvalue weighted by molar-refractivity contribution is 6.33. The Balaban J connectivity index is 1.64. The monoisotopic (exact) mass is 422 g/mol. The topological polar surface area (TPSA) is 88.9 Å². The average Bonchev–Trinajstić information content (AvgIpc) is 3.34. The summed E-state index contributed by atoms with van der Waals surface area (Å²) in [6.07, 6.45) is 1.36. The number of hydrogen-bond donors (Lipinski definition) is 1. The van der Waals surface area contributed by atoms with Gasteiger partial charge in [-0.15, -0.1) is 0 Å². The van der Waals surface area contributed by atoms with Gasteiger partial charge < -0.3 is 9.15 Å². The van der Waals surface area contributed by atoms with E-state index in [0.29, 0.717) is 27.6 Å². The molecule has 0 bridgehead atoms. The molecule has 0 aliphatic carbocycles. The number of carbonyl (C=O) groups excluding carboxylic acids is 3. The standard InChI is InChI=1S/C22H15ClN2O5/c1-29-22(28)13-7-9-18(23)16(11-13)19-10-8-15(30-19)12-17-20(26)24-25(21(17)27)14-5-3-2-4-6-14/h2-12H,1H3,(H,24,26)/b17-12-. The summed E-state index contributed by atoms with van der Waals surface area (Å²) in [5, 5.41) is 1.55. The Morgan fingerprint density at radius 1 is 1.10 bits per heavy atom. The maximum absolute atomic E-state index is 12.7. The fraction of sp³-hybridized carbons (Fsp3) is 0.0455. The van der Waals surface area contributed by atoms with Crippen molar-refractivity contribution < 1.29 is 23.5 Å². The van der Waals surface area contributed by atoms with E-state index in [4.69, 9.17) is 20.8 Å². The zero-order valence-corrected chi connectivity index (χ0v) is 16.5. The summed E-state index contributed by atoms with van der Waals surface area (Å²) in [5.74, 6) is -0.861. The van der Waals surface area contributed by atoms with Gasteiger partial charge in [0.25, 0.3) is 11.8 Å². The summed E-state index contributed by atoms with van der Waals surface area (Å²) in [6, 6.07) is 16.7. The van der Waals surface area contributed by atoms with Crippen molar-refractivity contribution in [2.75, 3.05) is 12.1 Å². The molecule has 1 aliphatic heterocycles. The number of amides is 2. The first-order valence-corrected chi connectivity index (χ1v) is 9.26. The zero-order chi connectivity index (χ0) is 21.3. The molecule has 0 atom stereocenters. The number of rotatable bonds is 4. The second-order valence-electron chi connectivity index (χ2n) is 6.36. The summed E-state index contributed by atoms with van der Waals surface area (Å²) < 4.78 is 10.5. The summed E-state index contributed by atoms with van der Waals surface area (Å²) in [4.78, 5) is 36.7. The molecule has 0 spiro atoms. The molecule has 0 unspecified atom stereocenters. The number of halogens is 1. The van der Waals surface area contributed by atoms with Crippen LogP contribution >= 0.6 is 11.6 Å². The molecule has 2 heterocycles. The molecule has 4 rings (SSSR count). The van der Waals surface area contributed by atoms with E-state index in [1.807, 2.05) is 6.07 Å². The van der Waals surface area contributed by atoms with Crippen molar-refractivity contribution in [3.63, 3.8) is 0 Å². The van der Waals surface area contributed by atoms with Crippen LogP contribution in [-0.4, -0.2) is 24.9 Å². The van der Waals surface area contributed by atoms with Gasteiger partial charge in [0.2, 0.25) is 0 Å². The lowest BCUT2D eigenvalue weighted by molar-refractivity contribution is -0.117. The molecule has 8 heteroatoms. The predicted octanol–water partition coefficient (Wildman–Crippen LogP) is 3.85. The second kappa shape index (κ2) is 7.88. The van der Waals surface area contributed by atoms with Crippen LogP contribution in [0.2, 0.25) is 5.02 Å². The molecule has 7 nitrogen and oxygen atoms in total. The van der Waals surface area contributed by atoms with Crippen molar-refractivity contribution in [1.29, 1.82) is 0 Å². The Morgan fingerprint density at radius 3 is 2.60 bits per heavy atom. The molecule has 3 aromatic rings. The SMILES string of the molecule is COC(=O)c1ccc(Cl)c(-c2ccc(/C=C3/C(=O)NN(c4ccccc4)C3=O)o2)c1. The van der Waals surface area contributed by atoms with Crippen LogP contribution in [0.4, 0.5) is 5.69 Å². The minimum absolute atomic E-state index is 0.0610. The highest BCUT2D eigenvalue weighted by Gasteiger charge is 2.34. The maximum atomic E-state index is 12.7. The molecule has 2 aromatic carbocycles. The van der Waals surface area contributed by atoms with E-state index in [0.717, 1.165) is 0 Å². The number of esters is 1. The van der Waals surface area contributed by atoms with Crippen LogP contribution in [0.15, 0.2) is 70.7 Å². The normalized spacial score (nSPS) is 14.9. The first kappa shape index (κ1) is 19.5. The lowest BCUT2D eigenvalue weighted by Gasteiger charge is -2.13. The Morgan fingerprint density at radius 2 is 1.87 bits per heavy atom. The number of furan rings is 1. The van der Waals surface area contributed by atoms with Gasteiger partial charge >= 0.3 is 5.97 Å². The molecule has 30 heavy (non-hydrogen) atoms. The summed E-state index contributed by atoms with van der Waals surface area (Å²) >= 11 is 6.24. The van der Waals surface area contributed by atoms with E-state index < -0.39 is 17.8 Å². The van der Waals surface area contributed by atoms with Crippen LogP contribution in [0.25, 0.3) is 17.4 Å². The molecule has 0 saturated carbocycles. The number of methoxy groups -OCH3 is 1. The third-order valence-corrected chi connectivity index (χ3v) is 4.80. The quantitative estimate of drug-likeness (QED) is 0.392. The van der Waals surface area contributed by atoms with E-state index in [2.05, 4.69) is 5.43 Å². The summed E-state index contributed by atoms with van der Waals surface area (Å²) in [7, 11) is 1.29. The van der Waals surface area contributed by atoms with E-state index in [1.165, 1.54) is 18.2 Å². The van der Waals surface area contributed by atoms with Crippen LogP contribution in [-0.2, 0) is 14.3 Å². The Hall–Kier alpha value is -3.84. The Kier molecular flexibility index (Phi) is 5.12. The smallest absolute Gasteiger partial charge is 0.337 e. The Bertz CT molecular complexity index is 1180. The number of hydrazine groups is 1. The van der Waals surface area contributed by atoms with Crippen molar-refractivity contribution in [3.8, 4) is 11.3 Å². The van der Waals surface area contributed by atoms with Gasteiger partial charge in [0.15, 0.2) is 0 Å². The van der Waals surface area contributed by atoms with Crippen LogP contribution < -0.4 is 10.4 Å². The van der Waals surface area contributed by atoms with Gasteiger partial charge in [0, 0.05) is 5.56 Å². The number of anilines is 1. The zero-order valence-electron chi connectivity index (χ0n) is 15.7. The van der Waals surface area contributed by atoms with Crippen molar-refractivity contribution in [3.05, 3.63) is 82.6 Å². The fourth-order valence-corrected chi connectivity index (χ4v) is 3.20. The van der Waals surface area contributed by atoms with Crippen molar-refractivity contribution >= 4 is 41.1 Å². The lowest BCUT2D eigenvalue weighted by Crippen LogP contribution is -2.35. The molecule has 1 aliphatic rings. The molecule has 1 aromatic heterocycles. The number of ether oxygens (including phenoxy) is 1. The first-order chi connectivity index (χ1) is 14.5. The van der Waals surface area contributed by atoms with Gasteiger partial charge in [0.1, 0.15) is 17.1 Å². The first-order valence-electron chi connectivity index (χ1n) is 8.88. The number of carbonyl (C=O) groups is 3. The van der Waals surface area contributed by atoms with Gasteiger partial charge in [-0.25, -0.2) is 9.80 Å². The van der Waals surface area contributed by atoms with E-state index in [-0.39, 0.29) is 11.3 Å². The van der Waals surface area contributed by atoms with E-state index >= 15 is 0 Å². The molecule has 1 saturated heterocycles. The molecule has 2 amide bonds. The minimum Gasteiger partial charge on any atom is -0.465 e. The van der Waals surface area contributed by atoms with Gasteiger partial charge in [-0.1, -0.05) is 29.8 Å². The molecule has 1 fully saturated rings. The minimum atomic E-state index is -0.535. The average molecular weight is 423 g/mol. The molecule has 150 valence electrons. The molecule has 1 N–H and O–H groups in total. The number of nitrogens with one attached hydrogen (secondary N) is 1. The van der Waals surface area contributed by atoms with Gasteiger partial charge in [-0.05, 0) is 48.5 Å². The van der Waals surface area contributed by atoms with Crippen LogP contribution in [0.3, 0.4) is 0 Å². The van der Waals surface area contributed by atoms with Gasteiger partial charge in [0.05, 0.1) is 23.4 Å². The third-order valence-electron chi connectivity index (χ3n) is 4.47. The van der Waals surface area contributed by atoms with E-state index in [9.17, 15) is 14.4 Å². The number of para-hydroxylation sites is 1. The van der Waals surface area contributed by atoms with E-state index in [1.54, 1.807) is 54.6 Å². The van der Waals surface area contributed by atoms with Crippen LogP contribution in [0.5, 0.6) is 0 Å².